The van der Waals surface area contributed by atoms with Gasteiger partial charge >= 0.3 is 6.18 Å². The third kappa shape index (κ3) is 5.80. The summed E-state index contributed by atoms with van der Waals surface area (Å²) in [4.78, 5) is 4.42. The molecule has 1 aromatic rings. The standard InChI is InChI=1S/C18H26F3N5S/c1-3-14(4-2)25-7-9-26(10-8-25)15-6-5-13(12-23-24-17(22)27)16(11-15)18(19,20)21/h5-6,11-12,14H,3-4,7-10H2,1-2H3,(H3,22,24,27). The van der Waals surface area contributed by atoms with Crippen molar-refractivity contribution >= 4 is 29.2 Å². The van der Waals surface area contributed by atoms with Crippen LogP contribution in [0.15, 0.2) is 23.3 Å². The van der Waals surface area contributed by atoms with E-state index in [1.54, 1.807) is 6.07 Å². The van der Waals surface area contributed by atoms with Crippen molar-refractivity contribution < 1.29 is 13.2 Å². The first-order chi connectivity index (χ1) is 12.8. The van der Waals surface area contributed by atoms with Crippen LogP contribution in [-0.4, -0.2) is 48.4 Å². The van der Waals surface area contributed by atoms with Gasteiger partial charge in [-0.25, -0.2) is 0 Å². The summed E-state index contributed by atoms with van der Waals surface area (Å²) in [7, 11) is 0. The molecule has 0 spiro atoms. The molecule has 0 amide bonds. The van der Waals surface area contributed by atoms with Crippen LogP contribution in [0.4, 0.5) is 18.9 Å². The zero-order valence-corrected chi connectivity index (χ0v) is 16.4. The summed E-state index contributed by atoms with van der Waals surface area (Å²) < 4.78 is 40.4. The summed E-state index contributed by atoms with van der Waals surface area (Å²) in [6.45, 7) is 7.48. The van der Waals surface area contributed by atoms with Gasteiger partial charge in [-0.1, -0.05) is 19.9 Å². The zero-order valence-electron chi connectivity index (χ0n) is 15.6. The Morgan fingerprint density at radius 2 is 1.89 bits per heavy atom. The van der Waals surface area contributed by atoms with Crippen LogP contribution in [0.1, 0.15) is 37.8 Å². The van der Waals surface area contributed by atoms with E-state index in [-0.39, 0.29) is 10.7 Å². The first-order valence-electron chi connectivity index (χ1n) is 9.05. The Balaban J connectivity index is 2.17. The molecular formula is C18H26F3N5S. The number of alkyl halides is 3. The molecule has 1 aliphatic heterocycles. The van der Waals surface area contributed by atoms with Crippen LogP contribution in [0, 0.1) is 0 Å². The molecule has 1 saturated heterocycles. The number of hydrogen-bond donors (Lipinski definition) is 2. The van der Waals surface area contributed by atoms with Crippen LogP contribution >= 0.6 is 12.2 Å². The number of halogens is 3. The topological polar surface area (TPSA) is 56.9 Å². The van der Waals surface area contributed by atoms with Gasteiger partial charge in [0.05, 0.1) is 11.8 Å². The van der Waals surface area contributed by atoms with E-state index in [1.807, 2.05) is 4.90 Å². The summed E-state index contributed by atoms with van der Waals surface area (Å²) in [6.07, 6.45) is -1.22. The summed E-state index contributed by atoms with van der Waals surface area (Å²) in [5.41, 5.74) is 7.31. The minimum Gasteiger partial charge on any atom is -0.375 e. The average Bonchev–Trinajstić information content (AvgIpc) is 2.62. The maximum atomic E-state index is 13.5. The minimum atomic E-state index is -4.47. The largest absolute Gasteiger partial charge is 0.417 e. The van der Waals surface area contributed by atoms with Gasteiger partial charge in [-0.3, -0.25) is 10.3 Å². The van der Waals surface area contributed by atoms with Gasteiger partial charge in [0.2, 0.25) is 0 Å². The molecule has 0 atom stereocenters. The third-order valence-corrected chi connectivity index (χ3v) is 4.95. The van der Waals surface area contributed by atoms with Crippen LogP contribution in [0.25, 0.3) is 0 Å². The number of piperazine rings is 1. The minimum absolute atomic E-state index is 0.0364. The number of benzene rings is 1. The third-order valence-electron chi connectivity index (χ3n) is 4.86. The van der Waals surface area contributed by atoms with Crippen LogP contribution in [0.3, 0.4) is 0 Å². The normalized spacial score (nSPS) is 16.3. The Morgan fingerprint density at radius 3 is 2.41 bits per heavy atom. The molecule has 9 heteroatoms. The lowest BCUT2D eigenvalue weighted by atomic mass is 10.1. The van der Waals surface area contributed by atoms with E-state index in [4.69, 9.17) is 5.73 Å². The Kier molecular flexibility index (Phi) is 7.43. The Hall–Kier alpha value is -1.87. The number of hydrogen-bond acceptors (Lipinski definition) is 4. The number of nitrogens with zero attached hydrogens (tertiary/aromatic N) is 3. The first-order valence-corrected chi connectivity index (χ1v) is 9.45. The zero-order chi connectivity index (χ0) is 20.0. The van der Waals surface area contributed by atoms with Crippen molar-refractivity contribution in [1.29, 1.82) is 0 Å². The van der Waals surface area contributed by atoms with Crippen LogP contribution < -0.4 is 16.1 Å². The predicted octanol–water partition coefficient (Wildman–Crippen LogP) is 3.18. The molecule has 0 bridgehead atoms. The Labute approximate surface area is 163 Å². The number of nitrogens with two attached hydrogens (primary N) is 1. The van der Waals surface area contributed by atoms with E-state index >= 15 is 0 Å². The molecule has 0 saturated carbocycles. The van der Waals surface area contributed by atoms with Gasteiger partial charge in [-0.05, 0) is 37.2 Å². The molecule has 5 nitrogen and oxygen atoms in total. The highest BCUT2D eigenvalue weighted by Crippen LogP contribution is 2.34. The van der Waals surface area contributed by atoms with Gasteiger partial charge in [-0.2, -0.15) is 18.3 Å². The van der Waals surface area contributed by atoms with Gasteiger partial charge in [-0.15, -0.1) is 0 Å². The molecule has 0 aromatic heterocycles. The summed E-state index contributed by atoms with van der Waals surface area (Å²) in [6, 6.07) is 4.85. The number of nitrogens with one attached hydrogen (secondary N) is 1. The first kappa shape index (κ1) is 21.4. The molecule has 0 aliphatic carbocycles. The van der Waals surface area contributed by atoms with E-state index in [2.05, 4.69) is 41.5 Å². The van der Waals surface area contributed by atoms with Crippen molar-refractivity contribution in [3.8, 4) is 0 Å². The molecule has 3 N–H and O–H groups in total. The Morgan fingerprint density at radius 1 is 1.26 bits per heavy atom. The van der Waals surface area contributed by atoms with Crippen LogP contribution in [0.5, 0.6) is 0 Å². The van der Waals surface area contributed by atoms with Gasteiger partial charge in [0, 0.05) is 43.5 Å². The molecule has 150 valence electrons. The molecule has 1 heterocycles. The number of thiocarbonyl (C=S) groups is 1. The second-order valence-electron chi connectivity index (χ2n) is 6.50. The summed E-state index contributed by atoms with van der Waals surface area (Å²) >= 11 is 4.59. The van der Waals surface area contributed by atoms with Gasteiger partial charge in [0.25, 0.3) is 0 Å². The van der Waals surface area contributed by atoms with Gasteiger partial charge < -0.3 is 10.6 Å². The quantitative estimate of drug-likeness (QED) is 0.436. The van der Waals surface area contributed by atoms with Gasteiger partial charge in [0.1, 0.15) is 0 Å². The van der Waals surface area contributed by atoms with Gasteiger partial charge in [0.15, 0.2) is 5.11 Å². The van der Waals surface area contributed by atoms with Crippen molar-refractivity contribution in [3.63, 3.8) is 0 Å². The monoisotopic (exact) mass is 401 g/mol. The Bertz CT molecular complexity index is 665. The summed E-state index contributed by atoms with van der Waals surface area (Å²) in [5.74, 6) is 0. The van der Waals surface area contributed by atoms with Crippen molar-refractivity contribution in [3.05, 3.63) is 29.3 Å². The van der Waals surface area contributed by atoms with Crippen LogP contribution in [-0.2, 0) is 6.18 Å². The molecule has 0 unspecified atom stereocenters. The molecule has 27 heavy (non-hydrogen) atoms. The maximum Gasteiger partial charge on any atom is 0.417 e. The lowest BCUT2D eigenvalue weighted by Gasteiger charge is -2.40. The SMILES string of the molecule is CCC(CC)N1CCN(c2ccc(C=NNC(N)=S)c(C(F)(F)F)c2)CC1. The molecule has 1 aliphatic rings. The molecule has 1 aromatic carbocycles. The second kappa shape index (κ2) is 9.36. The van der Waals surface area contributed by atoms with Crippen molar-refractivity contribution in [2.75, 3.05) is 31.1 Å². The number of hydrazone groups is 1. The molecule has 2 rings (SSSR count). The van der Waals surface area contributed by atoms with Crippen LogP contribution in [0.2, 0.25) is 0 Å². The highest BCUT2D eigenvalue weighted by Gasteiger charge is 2.34. The molecule has 0 radical (unpaired) electrons. The highest BCUT2D eigenvalue weighted by molar-refractivity contribution is 7.80. The van der Waals surface area contributed by atoms with Crippen molar-refractivity contribution in [2.45, 2.75) is 38.9 Å². The fraction of sp³-hybridized carbons (Fsp3) is 0.556. The number of anilines is 1. The summed E-state index contributed by atoms with van der Waals surface area (Å²) in [5, 5.41) is 3.54. The van der Waals surface area contributed by atoms with Crippen molar-refractivity contribution in [2.24, 2.45) is 10.8 Å². The van der Waals surface area contributed by atoms with E-state index in [0.717, 1.165) is 32.1 Å². The smallest absolute Gasteiger partial charge is 0.375 e. The molecular weight excluding hydrogens is 375 g/mol. The van der Waals surface area contributed by atoms with E-state index in [1.165, 1.54) is 12.1 Å². The fourth-order valence-corrected chi connectivity index (χ4v) is 3.47. The number of rotatable bonds is 6. The van der Waals surface area contributed by atoms with Crippen molar-refractivity contribution in [1.82, 2.24) is 10.3 Å². The van der Waals surface area contributed by atoms with E-state index in [9.17, 15) is 13.2 Å². The predicted molar refractivity (Wildman–Crippen MR) is 107 cm³/mol. The van der Waals surface area contributed by atoms with E-state index in [0.29, 0.717) is 24.8 Å². The highest BCUT2D eigenvalue weighted by atomic mass is 32.1. The fourth-order valence-electron chi connectivity index (χ4n) is 3.41. The maximum absolute atomic E-state index is 13.5. The lowest BCUT2D eigenvalue weighted by molar-refractivity contribution is -0.137. The second-order valence-corrected chi connectivity index (χ2v) is 6.94. The molecule has 1 fully saturated rings. The van der Waals surface area contributed by atoms with E-state index < -0.39 is 11.7 Å². The lowest BCUT2D eigenvalue weighted by Crippen LogP contribution is -2.50. The average molecular weight is 402 g/mol.